The fraction of sp³-hybridized carbons (Fsp3) is 0.167. The Morgan fingerprint density at radius 3 is 2.81 bits per heavy atom. The van der Waals surface area contributed by atoms with Gasteiger partial charge in [-0.3, -0.25) is 9.69 Å². The van der Waals surface area contributed by atoms with E-state index in [0.717, 1.165) is 21.2 Å². The smallest absolute Gasteiger partial charge is 0.296 e. The lowest BCUT2D eigenvalue weighted by Gasteiger charge is -2.17. The maximum absolute atomic E-state index is 13.6. The molecule has 0 aliphatic carbocycles. The molecule has 1 amide bonds. The summed E-state index contributed by atoms with van der Waals surface area (Å²) in [6.07, 6.45) is 1.59. The maximum Gasteiger partial charge on any atom is 0.296 e. The topological polar surface area (TPSA) is 68.7 Å². The number of furan rings is 2. The number of ether oxygens (including phenoxy) is 1. The minimum absolute atomic E-state index is 0.227. The maximum atomic E-state index is 13.6. The van der Waals surface area contributed by atoms with E-state index in [4.69, 9.17) is 18.6 Å². The van der Waals surface area contributed by atoms with Crippen molar-refractivity contribution in [1.82, 2.24) is 4.98 Å². The Kier molecular flexibility index (Phi) is 4.95. The minimum Gasteiger partial charge on any atom is -0.490 e. The third-order valence-electron chi connectivity index (χ3n) is 5.00. The summed E-state index contributed by atoms with van der Waals surface area (Å²) in [5.41, 5.74) is 2.52. The molecule has 0 saturated carbocycles. The van der Waals surface area contributed by atoms with Crippen molar-refractivity contribution < 1.29 is 18.4 Å². The number of aryl methyl sites for hydroxylation is 1. The van der Waals surface area contributed by atoms with Crippen LogP contribution in [-0.4, -0.2) is 17.5 Å². The van der Waals surface area contributed by atoms with Crippen LogP contribution < -0.4 is 9.64 Å². The molecule has 2 aromatic carbocycles. The highest BCUT2D eigenvalue weighted by atomic mass is 32.1. The highest BCUT2D eigenvalue weighted by molar-refractivity contribution is 7.22. The fourth-order valence-electron chi connectivity index (χ4n) is 3.52. The van der Waals surface area contributed by atoms with E-state index in [1.54, 1.807) is 23.3 Å². The molecule has 31 heavy (non-hydrogen) atoms. The average molecular weight is 433 g/mol. The van der Waals surface area contributed by atoms with Crippen LogP contribution in [0.4, 0.5) is 5.13 Å². The van der Waals surface area contributed by atoms with E-state index in [1.807, 2.05) is 56.3 Å². The molecule has 0 aliphatic rings. The van der Waals surface area contributed by atoms with Crippen LogP contribution in [0.25, 0.3) is 21.2 Å². The number of hydrogen-bond acceptors (Lipinski definition) is 6. The number of benzene rings is 2. The van der Waals surface area contributed by atoms with Crippen molar-refractivity contribution in [2.45, 2.75) is 20.4 Å². The normalized spacial score (nSPS) is 11.3. The van der Waals surface area contributed by atoms with Crippen molar-refractivity contribution in [1.29, 1.82) is 0 Å². The van der Waals surface area contributed by atoms with Crippen molar-refractivity contribution in [2.24, 2.45) is 0 Å². The second-order valence-electron chi connectivity index (χ2n) is 7.11. The molecule has 0 aliphatic heterocycles. The molecular formula is C24H20N2O4S. The van der Waals surface area contributed by atoms with Gasteiger partial charge in [-0.15, -0.1) is 0 Å². The standard InChI is InChI=1S/C24H20N2O4S/c1-3-28-18-10-5-8-16-13-19(30-22(16)18)23(27)26(14-17-9-6-12-29-17)24-25-21-15(2)7-4-11-20(21)31-24/h4-13H,3,14H2,1-2H3. The summed E-state index contributed by atoms with van der Waals surface area (Å²) < 4.78 is 18.1. The van der Waals surface area contributed by atoms with E-state index in [2.05, 4.69) is 0 Å². The lowest BCUT2D eigenvalue weighted by atomic mass is 10.2. The molecule has 0 saturated heterocycles. The number of carbonyl (C=O) groups excluding carboxylic acids is 1. The summed E-state index contributed by atoms with van der Waals surface area (Å²) in [7, 11) is 0. The Labute approximate surface area is 182 Å². The van der Waals surface area contributed by atoms with E-state index >= 15 is 0 Å². The molecule has 0 atom stereocenters. The number of rotatable bonds is 6. The van der Waals surface area contributed by atoms with Crippen LogP contribution in [0.3, 0.4) is 0 Å². The van der Waals surface area contributed by atoms with Crippen molar-refractivity contribution in [3.63, 3.8) is 0 Å². The van der Waals surface area contributed by atoms with E-state index in [0.29, 0.717) is 28.8 Å². The van der Waals surface area contributed by atoms with Gasteiger partial charge in [0.25, 0.3) is 5.91 Å². The molecule has 5 aromatic rings. The molecule has 3 heterocycles. The zero-order valence-corrected chi connectivity index (χ0v) is 17.9. The summed E-state index contributed by atoms with van der Waals surface area (Å²) in [5.74, 6) is 1.22. The van der Waals surface area contributed by atoms with Crippen LogP contribution in [0.1, 0.15) is 28.8 Å². The van der Waals surface area contributed by atoms with Gasteiger partial charge < -0.3 is 13.6 Å². The summed E-state index contributed by atoms with van der Waals surface area (Å²) in [4.78, 5) is 19.9. The van der Waals surface area contributed by atoms with Gasteiger partial charge in [0.15, 0.2) is 22.2 Å². The number of fused-ring (bicyclic) bond motifs is 2. The molecule has 0 fully saturated rings. The summed E-state index contributed by atoms with van der Waals surface area (Å²) in [6, 6.07) is 17.0. The molecule has 5 rings (SSSR count). The van der Waals surface area contributed by atoms with Gasteiger partial charge in [-0.2, -0.15) is 0 Å². The van der Waals surface area contributed by atoms with E-state index in [1.165, 1.54) is 11.3 Å². The van der Waals surface area contributed by atoms with Crippen molar-refractivity contribution >= 4 is 43.6 Å². The largest absolute Gasteiger partial charge is 0.490 e. The van der Waals surface area contributed by atoms with Gasteiger partial charge in [-0.1, -0.05) is 35.6 Å². The Morgan fingerprint density at radius 1 is 1.16 bits per heavy atom. The monoisotopic (exact) mass is 432 g/mol. The second kappa shape index (κ2) is 7.92. The summed E-state index contributed by atoms with van der Waals surface area (Å²) in [6.45, 7) is 4.69. The van der Waals surface area contributed by atoms with Crippen molar-refractivity contribution in [2.75, 3.05) is 11.5 Å². The number of para-hydroxylation sites is 2. The molecule has 6 nitrogen and oxygen atoms in total. The zero-order chi connectivity index (χ0) is 21.4. The zero-order valence-electron chi connectivity index (χ0n) is 17.1. The predicted octanol–water partition coefficient (Wildman–Crippen LogP) is 6.19. The molecule has 156 valence electrons. The highest BCUT2D eigenvalue weighted by Gasteiger charge is 2.26. The summed E-state index contributed by atoms with van der Waals surface area (Å²) >= 11 is 1.47. The molecule has 0 bridgehead atoms. The highest BCUT2D eigenvalue weighted by Crippen LogP contribution is 2.34. The number of anilines is 1. The second-order valence-corrected chi connectivity index (χ2v) is 8.12. The molecule has 0 spiro atoms. The quantitative estimate of drug-likeness (QED) is 0.320. The van der Waals surface area contributed by atoms with Gasteiger partial charge >= 0.3 is 0 Å². The SMILES string of the molecule is CCOc1cccc2cc(C(=O)N(Cc3ccco3)c3nc4c(C)cccc4s3)oc12. The summed E-state index contributed by atoms with van der Waals surface area (Å²) in [5, 5.41) is 1.41. The van der Waals surface area contributed by atoms with Gasteiger partial charge in [-0.05, 0) is 49.7 Å². The molecule has 0 unspecified atom stereocenters. The Balaban J connectivity index is 1.59. The van der Waals surface area contributed by atoms with Crippen LogP contribution in [0, 0.1) is 6.92 Å². The number of aromatic nitrogens is 1. The Bertz CT molecular complexity index is 1370. The first-order valence-corrected chi connectivity index (χ1v) is 10.8. The molecule has 3 aromatic heterocycles. The lowest BCUT2D eigenvalue weighted by molar-refractivity contribution is 0.0958. The van der Waals surface area contributed by atoms with Gasteiger partial charge in [0, 0.05) is 5.39 Å². The average Bonchev–Trinajstić information content (AvgIpc) is 3.51. The molecular weight excluding hydrogens is 412 g/mol. The predicted molar refractivity (Wildman–Crippen MR) is 121 cm³/mol. The third-order valence-corrected chi connectivity index (χ3v) is 6.04. The first kappa shape index (κ1) is 19.4. The van der Waals surface area contributed by atoms with Crippen molar-refractivity contribution in [3.05, 3.63) is 77.9 Å². The van der Waals surface area contributed by atoms with Crippen LogP contribution >= 0.6 is 11.3 Å². The minimum atomic E-state index is -0.285. The number of amides is 1. The third kappa shape index (κ3) is 3.57. The lowest BCUT2D eigenvalue weighted by Crippen LogP contribution is -2.29. The number of carbonyl (C=O) groups is 1. The van der Waals surface area contributed by atoms with E-state index in [-0.39, 0.29) is 18.2 Å². The van der Waals surface area contributed by atoms with Gasteiger partial charge in [0.05, 0.1) is 29.6 Å². The van der Waals surface area contributed by atoms with Gasteiger partial charge in [0.1, 0.15) is 5.76 Å². The van der Waals surface area contributed by atoms with E-state index < -0.39 is 0 Å². The van der Waals surface area contributed by atoms with Gasteiger partial charge in [0.2, 0.25) is 0 Å². The Hall–Kier alpha value is -3.58. The number of nitrogens with zero attached hydrogens (tertiary/aromatic N) is 2. The molecule has 7 heteroatoms. The fourth-order valence-corrected chi connectivity index (χ4v) is 4.56. The first-order valence-electron chi connectivity index (χ1n) is 10.00. The van der Waals surface area contributed by atoms with Crippen LogP contribution in [0.2, 0.25) is 0 Å². The van der Waals surface area contributed by atoms with Crippen LogP contribution in [0.15, 0.2) is 69.7 Å². The first-order chi connectivity index (χ1) is 15.1. The van der Waals surface area contributed by atoms with Crippen LogP contribution in [-0.2, 0) is 6.54 Å². The van der Waals surface area contributed by atoms with E-state index in [9.17, 15) is 4.79 Å². The molecule has 0 radical (unpaired) electrons. The van der Waals surface area contributed by atoms with Crippen molar-refractivity contribution in [3.8, 4) is 5.75 Å². The Morgan fingerprint density at radius 2 is 2.03 bits per heavy atom. The molecule has 0 N–H and O–H groups in total. The van der Waals surface area contributed by atoms with Gasteiger partial charge in [-0.25, -0.2) is 4.98 Å². The number of hydrogen-bond donors (Lipinski definition) is 0. The van der Waals surface area contributed by atoms with Crippen LogP contribution in [0.5, 0.6) is 5.75 Å². The number of thiazole rings is 1.